The van der Waals surface area contributed by atoms with Crippen LogP contribution in [0.2, 0.25) is 0 Å². The third-order valence-electron chi connectivity index (χ3n) is 2.55. The predicted molar refractivity (Wildman–Crippen MR) is 75.0 cm³/mol. The van der Waals surface area contributed by atoms with Crippen LogP contribution in [0.15, 0.2) is 30.3 Å². The first-order valence-electron chi connectivity index (χ1n) is 6.55. The Balaban J connectivity index is 2.74. The highest BCUT2D eigenvalue weighted by Gasteiger charge is 2.19. The van der Waals surface area contributed by atoms with Gasteiger partial charge in [0.25, 0.3) is 0 Å². The molecule has 1 unspecified atom stereocenters. The molecule has 0 aliphatic rings. The van der Waals surface area contributed by atoms with Crippen molar-refractivity contribution in [2.75, 3.05) is 13.7 Å². The van der Waals surface area contributed by atoms with Gasteiger partial charge in [-0.15, -0.1) is 0 Å². The van der Waals surface area contributed by atoms with E-state index in [0.29, 0.717) is 0 Å². The first-order chi connectivity index (χ1) is 9.52. The van der Waals surface area contributed by atoms with Crippen LogP contribution >= 0.6 is 0 Å². The number of carbonyl (C=O) groups is 2. The lowest BCUT2D eigenvalue weighted by Crippen LogP contribution is -2.33. The molecule has 1 rings (SSSR count). The van der Waals surface area contributed by atoms with Crippen molar-refractivity contribution in [3.05, 3.63) is 35.9 Å². The number of hydrogen-bond donors (Lipinski definition) is 1. The molecule has 0 aromatic heterocycles. The number of benzene rings is 1. The summed E-state index contributed by atoms with van der Waals surface area (Å²) in [5, 5.41) is 2.77. The molecule has 5 heteroatoms. The van der Waals surface area contributed by atoms with Gasteiger partial charge < -0.3 is 14.8 Å². The van der Waals surface area contributed by atoms with E-state index in [1.54, 1.807) is 13.8 Å². The van der Waals surface area contributed by atoms with Gasteiger partial charge in [0, 0.05) is 7.11 Å². The molecule has 0 radical (unpaired) electrons. The third-order valence-corrected chi connectivity index (χ3v) is 2.55. The number of hydrogen-bond acceptors (Lipinski definition) is 4. The van der Waals surface area contributed by atoms with E-state index < -0.39 is 6.04 Å². The Hall–Kier alpha value is -1.88. The zero-order valence-corrected chi connectivity index (χ0v) is 12.1. The van der Waals surface area contributed by atoms with Crippen molar-refractivity contribution in [1.29, 1.82) is 0 Å². The molecule has 0 aliphatic heterocycles. The molecule has 0 spiro atoms. The van der Waals surface area contributed by atoms with Crippen LogP contribution in [0.1, 0.15) is 31.9 Å². The lowest BCUT2D eigenvalue weighted by Gasteiger charge is -2.19. The Kier molecular flexibility index (Phi) is 6.73. The molecule has 5 nitrogen and oxygen atoms in total. The average molecular weight is 279 g/mol. The molecule has 0 aliphatic carbocycles. The first-order valence-corrected chi connectivity index (χ1v) is 6.55. The van der Waals surface area contributed by atoms with Gasteiger partial charge in [-0.2, -0.15) is 0 Å². The van der Waals surface area contributed by atoms with E-state index in [0.717, 1.165) is 5.56 Å². The largest absolute Gasteiger partial charge is 0.463 e. The van der Waals surface area contributed by atoms with Crippen LogP contribution in [0.4, 0.5) is 0 Å². The Morgan fingerprint density at radius 2 is 1.85 bits per heavy atom. The number of methoxy groups -OCH3 is 1. The fourth-order valence-electron chi connectivity index (χ4n) is 1.78. The Morgan fingerprint density at radius 3 is 2.40 bits per heavy atom. The topological polar surface area (TPSA) is 64.6 Å². The van der Waals surface area contributed by atoms with E-state index in [1.165, 1.54) is 7.11 Å². The van der Waals surface area contributed by atoms with Crippen molar-refractivity contribution in [2.45, 2.75) is 32.4 Å². The molecule has 20 heavy (non-hydrogen) atoms. The maximum absolute atomic E-state index is 11.8. The average Bonchev–Trinajstić information content (AvgIpc) is 2.38. The van der Waals surface area contributed by atoms with Gasteiger partial charge in [0.2, 0.25) is 5.91 Å². The lowest BCUT2D eigenvalue weighted by atomic mass is 10.0. The summed E-state index contributed by atoms with van der Waals surface area (Å²) in [7, 11) is 1.45. The first kappa shape index (κ1) is 16.2. The fourth-order valence-corrected chi connectivity index (χ4v) is 1.78. The minimum absolute atomic E-state index is 0.0391. The van der Waals surface area contributed by atoms with Crippen LogP contribution in [-0.2, 0) is 19.1 Å². The van der Waals surface area contributed by atoms with Gasteiger partial charge in [-0.05, 0) is 19.4 Å². The number of amides is 1. The Morgan fingerprint density at radius 1 is 1.20 bits per heavy atom. The Labute approximate surface area is 119 Å². The molecular weight excluding hydrogens is 258 g/mol. The SMILES string of the molecule is COCC(=O)NC(CC(=O)OC(C)C)c1ccccc1. The molecule has 0 saturated heterocycles. The molecule has 1 N–H and O–H groups in total. The summed E-state index contributed by atoms with van der Waals surface area (Å²) < 4.78 is 9.90. The summed E-state index contributed by atoms with van der Waals surface area (Å²) >= 11 is 0. The van der Waals surface area contributed by atoms with Crippen LogP contribution in [0.25, 0.3) is 0 Å². The summed E-state index contributed by atoms with van der Waals surface area (Å²) in [6, 6.07) is 8.91. The van der Waals surface area contributed by atoms with Crippen molar-refractivity contribution in [3.8, 4) is 0 Å². The summed E-state index contributed by atoms with van der Waals surface area (Å²) in [5.74, 6) is -0.606. The quantitative estimate of drug-likeness (QED) is 0.773. The van der Waals surface area contributed by atoms with E-state index in [-0.39, 0.29) is 31.0 Å². The van der Waals surface area contributed by atoms with E-state index in [4.69, 9.17) is 9.47 Å². The second-order valence-electron chi connectivity index (χ2n) is 4.71. The summed E-state index contributed by atoms with van der Waals surface area (Å²) in [5.41, 5.74) is 0.859. The maximum atomic E-state index is 11.8. The van der Waals surface area contributed by atoms with Crippen molar-refractivity contribution < 1.29 is 19.1 Å². The summed E-state index contributed by atoms with van der Waals surface area (Å²) in [6.07, 6.45) is -0.0777. The highest BCUT2D eigenvalue weighted by atomic mass is 16.5. The zero-order chi connectivity index (χ0) is 15.0. The van der Waals surface area contributed by atoms with Crippen LogP contribution in [-0.4, -0.2) is 31.7 Å². The molecule has 1 aromatic rings. The van der Waals surface area contributed by atoms with E-state index >= 15 is 0 Å². The smallest absolute Gasteiger partial charge is 0.308 e. The van der Waals surface area contributed by atoms with Crippen molar-refractivity contribution in [2.24, 2.45) is 0 Å². The standard InChI is InChI=1S/C15H21NO4/c1-11(2)20-15(18)9-13(16-14(17)10-19-3)12-7-5-4-6-8-12/h4-8,11,13H,9-10H2,1-3H3,(H,16,17). The highest BCUT2D eigenvalue weighted by Crippen LogP contribution is 2.17. The van der Waals surface area contributed by atoms with Gasteiger partial charge >= 0.3 is 5.97 Å². The second-order valence-corrected chi connectivity index (χ2v) is 4.71. The number of ether oxygens (including phenoxy) is 2. The number of nitrogens with one attached hydrogen (secondary N) is 1. The fraction of sp³-hybridized carbons (Fsp3) is 0.467. The van der Waals surface area contributed by atoms with Crippen molar-refractivity contribution >= 4 is 11.9 Å². The molecule has 0 bridgehead atoms. The van der Waals surface area contributed by atoms with Crippen molar-refractivity contribution in [3.63, 3.8) is 0 Å². The minimum Gasteiger partial charge on any atom is -0.463 e. The van der Waals surface area contributed by atoms with Crippen LogP contribution in [0.5, 0.6) is 0 Å². The van der Waals surface area contributed by atoms with E-state index in [9.17, 15) is 9.59 Å². The zero-order valence-electron chi connectivity index (χ0n) is 12.1. The number of esters is 1. The van der Waals surface area contributed by atoms with Gasteiger partial charge in [-0.1, -0.05) is 30.3 Å². The van der Waals surface area contributed by atoms with Gasteiger partial charge in [-0.3, -0.25) is 9.59 Å². The van der Waals surface area contributed by atoms with Crippen LogP contribution < -0.4 is 5.32 Å². The molecule has 110 valence electrons. The lowest BCUT2D eigenvalue weighted by molar-refractivity contribution is -0.148. The van der Waals surface area contributed by atoms with Gasteiger partial charge in [-0.25, -0.2) is 0 Å². The molecule has 1 atom stereocenters. The van der Waals surface area contributed by atoms with E-state index in [1.807, 2.05) is 30.3 Å². The predicted octanol–water partition coefficient (Wildman–Crippen LogP) is 1.83. The Bertz CT molecular complexity index is 431. The number of rotatable bonds is 7. The molecule has 1 amide bonds. The summed E-state index contributed by atoms with van der Waals surface area (Å²) in [6.45, 7) is 3.54. The minimum atomic E-state index is -0.412. The highest BCUT2D eigenvalue weighted by molar-refractivity contribution is 5.79. The van der Waals surface area contributed by atoms with Crippen LogP contribution in [0.3, 0.4) is 0 Å². The molecule has 1 aromatic carbocycles. The molecule has 0 fully saturated rings. The summed E-state index contributed by atoms with van der Waals surface area (Å²) in [4.78, 5) is 23.4. The maximum Gasteiger partial charge on any atom is 0.308 e. The van der Waals surface area contributed by atoms with Gasteiger partial charge in [0.1, 0.15) is 6.61 Å². The molecule has 0 heterocycles. The van der Waals surface area contributed by atoms with Crippen molar-refractivity contribution in [1.82, 2.24) is 5.32 Å². The van der Waals surface area contributed by atoms with Gasteiger partial charge in [0.05, 0.1) is 18.6 Å². The molecule has 0 saturated carbocycles. The number of carbonyl (C=O) groups excluding carboxylic acids is 2. The molecular formula is C15H21NO4. The second kappa shape index (κ2) is 8.32. The van der Waals surface area contributed by atoms with Crippen LogP contribution in [0, 0.1) is 0 Å². The third kappa shape index (κ3) is 5.84. The monoisotopic (exact) mass is 279 g/mol. The van der Waals surface area contributed by atoms with E-state index in [2.05, 4.69) is 5.32 Å². The van der Waals surface area contributed by atoms with Gasteiger partial charge in [0.15, 0.2) is 0 Å². The normalized spacial score (nSPS) is 12.0.